The molecule has 3 aromatic rings. The summed E-state index contributed by atoms with van der Waals surface area (Å²) >= 11 is 8.15. The van der Waals surface area contributed by atoms with E-state index in [-0.39, 0.29) is 23.1 Å². The van der Waals surface area contributed by atoms with Gasteiger partial charge in [0.15, 0.2) is 0 Å². The minimum atomic E-state index is -0.152. The van der Waals surface area contributed by atoms with E-state index in [2.05, 4.69) is 26.8 Å². The third-order valence-electron chi connectivity index (χ3n) is 8.09. The number of nitrogens with two attached hydrogens (primary N) is 1. The second-order valence-electron chi connectivity index (χ2n) is 10.3. The molecular weight excluding hydrogens is 524 g/mol. The van der Waals surface area contributed by atoms with Gasteiger partial charge in [0.1, 0.15) is 10.8 Å². The Morgan fingerprint density at radius 1 is 1.21 bits per heavy atom. The number of anilines is 1. The van der Waals surface area contributed by atoms with E-state index in [0.717, 1.165) is 55.2 Å². The number of ether oxygens (including phenoxy) is 2. The van der Waals surface area contributed by atoms with Crippen LogP contribution in [-0.2, 0) is 16.0 Å². The number of piperidine rings is 1. The zero-order valence-corrected chi connectivity index (χ0v) is 22.9. The summed E-state index contributed by atoms with van der Waals surface area (Å²) in [5, 5.41) is 1.51. The summed E-state index contributed by atoms with van der Waals surface area (Å²) < 4.78 is 12.8. The molecule has 9 nitrogen and oxygen atoms in total. The SMILES string of the molecule is C[C@@H]1OCC2(CCN(c3cnc(Sc4ccc5ncn(CC6=CCOCC6)c(=O)c5c4Cl)cn3)CC2)[C@@H]1N. The van der Waals surface area contributed by atoms with Gasteiger partial charge in [-0.3, -0.25) is 9.36 Å². The van der Waals surface area contributed by atoms with Crippen molar-refractivity contribution in [1.29, 1.82) is 0 Å². The third kappa shape index (κ3) is 4.84. The van der Waals surface area contributed by atoms with Gasteiger partial charge in [-0.15, -0.1) is 0 Å². The quantitative estimate of drug-likeness (QED) is 0.472. The van der Waals surface area contributed by atoms with E-state index < -0.39 is 0 Å². The number of nitrogens with zero attached hydrogens (tertiary/aromatic N) is 5. The maximum Gasteiger partial charge on any atom is 0.263 e. The van der Waals surface area contributed by atoms with Gasteiger partial charge < -0.3 is 20.1 Å². The van der Waals surface area contributed by atoms with Gasteiger partial charge in [-0.05, 0) is 43.9 Å². The molecule has 2 aromatic heterocycles. The molecule has 5 heterocycles. The van der Waals surface area contributed by atoms with Crippen LogP contribution >= 0.6 is 23.4 Å². The van der Waals surface area contributed by atoms with Crippen LogP contribution in [0.5, 0.6) is 0 Å². The molecule has 0 amide bonds. The zero-order chi connectivity index (χ0) is 26.3. The van der Waals surface area contributed by atoms with Crippen LogP contribution in [0.1, 0.15) is 26.2 Å². The Bertz CT molecular complexity index is 1420. The average Bonchev–Trinajstić information content (AvgIpc) is 3.21. The first-order valence-electron chi connectivity index (χ1n) is 13.0. The molecule has 200 valence electrons. The standard InChI is InChI=1S/C27H31ClN6O3S/c1-17-25(29)27(15-37-17)6-8-33(9-7-27)21-12-31-22(13-30-21)38-20-3-2-19-23(24(20)28)26(35)34(16-32-19)14-18-4-10-36-11-5-18/h2-4,12-13,16-17,25H,5-11,14-15,29H2,1H3/t17-,25+/m0/s1. The van der Waals surface area contributed by atoms with Crippen LogP contribution in [0.4, 0.5) is 5.82 Å². The summed E-state index contributed by atoms with van der Waals surface area (Å²) in [5.74, 6) is 0.851. The molecule has 38 heavy (non-hydrogen) atoms. The van der Waals surface area contributed by atoms with Gasteiger partial charge in [0.25, 0.3) is 5.56 Å². The van der Waals surface area contributed by atoms with Crippen LogP contribution in [0.2, 0.25) is 5.02 Å². The van der Waals surface area contributed by atoms with Crippen LogP contribution < -0.4 is 16.2 Å². The van der Waals surface area contributed by atoms with E-state index in [1.165, 1.54) is 11.8 Å². The Hall–Kier alpha value is -2.50. The largest absolute Gasteiger partial charge is 0.377 e. The lowest BCUT2D eigenvalue weighted by atomic mass is 9.73. The maximum atomic E-state index is 13.3. The molecule has 2 saturated heterocycles. The molecule has 0 unspecified atom stereocenters. The molecule has 0 saturated carbocycles. The van der Waals surface area contributed by atoms with Gasteiger partial charge >= 0.3 is 0 Å². The van der Waals surface area contributed by atoms with E-state index in [4.69, 9.17) is 26.8 Å². The smallest absolute Gasteiger partial charge is 0.263 e. The first kappa shape index (κ1) is 25.8. The fourth-order valence-electron chi connectivity index (χ4n) is 5.60. The van der Waals surface area contributed by atoms with E-state index in [0.29, 0.717) is 40.7 Å². The van der Waals surface area contributed by atoms with E-state index in [9.17, 15) is 4.79 Å². The molecule has 2 atom stereocenters. The van der Waals surface area contributed by atoms with Gasteiger partial charge in [-0.1, -0.05) is 29.4 Å². The molecule has 0 bridgehead atoms. The van der Waals surface area contributed by atoms with Crippen molar-refractivity contribution in [1.82, 2.24) is 19.5 Å². The summed E-state index contributed by atoms with van der Waals surface area (Å²) in [4.78, 5) is 30.1. The van der Waals surface area contributed by atoms with Crippen molar-refractivity contribution in [3.63, 3.8) is 0 Å². The molecular formula is C27H31ClN6O3S. The molecule has 0 aliphatic carbocycles. The minimum absolute atomic E-state index is 0.0706. The Morgan fingerprint density at radius 2 is 2.05 bits per heavy atom. The van der Waals surface area contributed by atoms with E-state index in [1.54, 1.807) is 23.3 Å². The average molecular weight is 555 g/mol. The van der Waals surface area contributed by atoms with Crippen molar-refractivity contribution in [3.05, 3.63) is 57.9 Å². The second kappa shape index (κ2) is 10.6. The fourth-order valence-corrected chi connectivity index (χ4v) is 6.72. The topological polar surface area (TPSA) is 108 Å². The summed E-state index contributed by atoms with van der Waals surface area (Å²) in [6.45, 7) is 6.30. The molecule has 3 aliphatic rings. The number of aromatic nitrogens is 4. The number of rotatable bonds is 5. The molecule has 2 fully saturated rings. The van der Waals surface area contributed by atoms with Gasteiger partial charge in [-0.25, -0.2) is 15.0 Å². The van der Waals surface area contributed by atoms with Crippen molar-refractivity contribution in [2.75, 3.05) is 37.8 Å². The van der Waals surface area contributed by atoms with Crippen molar-refractivity contribution in [2.45, 2.75) is 54.8 Å². The van der Waals surface area contributed by atoms with Crippen molar-refractivity contribution >= 4 is 40.1 Å². The summed E-state index contributed by atoms with van der Waals surface area (Å²) in [6.07, 6.45) is 10.1. The number of benzene rings is 1. The Labute approximate surface area is 230 Å². The lowest BCUT2D eigenvalue weighted by Crippen LogP contribution is -2.50. The predicted molar refractivity (Wildman–Crippen MR) is 148 cm³/mol. The number of halogens is 1. The Kier molecular flexibility index (Phi) is 7.17. The Balaban J connectivity index is 1.17. The highest BCUT2D eigenvalue weighted by atomic mass is 35.5. The molecule has 6 rings (SSSR count). The fraction of sp³-hybridized carbons (Fsp3) is 0.481. The highest BCUT2D eigenvalue weighted by Gasteiger charge is 2.47. The van der Waals surface area contributed by atoms with Gasteiger partial charge in [0.2, 0.25) is 0 Å². The third-order valence-corrected chi connectivity index (χ3v) is 9.57. The highest BCUT2D eigenvalue weighted by Crippen LogP contribution is 2.42. The Morgan fingerprint density at radius 3 is 2.74 bits per heavy atom. The molecule has 1 spiro atoms. The summed E-state index contributed by atoms with van der Waals surface area (Å²) in [6, 6.07) is 3.78. The summed E-state index contributed by atoms with van der Waals surface area (Å²) in [5.41, 5.74) is 8.11. The lowest BCUT2D eigenvalue weighted by molar-refractivity contribution is 0.0974. The molecule has 0 radical (unpaired) electrons. The molecule has 11 heteroatoms. The highest BCUT2D eigenvalue weighted by molar-refractivity contribution is 7.99. The van der Waals surface area contributed by atoms with Gasteiger partial charge in [0.05, 0.1) is 60.6 Å². The van der Waals surface area contributed by atoms with Crippen LogP contribution in [0.3, 0.4) is 0 Å². The van der Waals surface area contributed by atoms with Crippen molar-refractivity contribution < 1.29 is 9.47 Å². The van der Waals surface area contributed by atoms with Crippen LogP contribution in [0.15, 0.2) is 57.2 Å². The van der Waals surface area contributed by atoms with Crippen LogP contribution in [0.25, 0.3) is 10.9 Å². The first-order chi connectivity index (χ1) is 18.4. The maximum absolute atomic E-state index is 13.3. The van der Waals surface area contributed by atoms with Gasteiger partial charge in [0, 0.05) is 36.0 Å². The predicted octanol–water partition coefficient (Wildman–Crippen LogP) is 3.67. The van der Waals surface area contributed by atoms with Gasteiger partial charge in [-0.2, -0.15) is 0 Å². The minimum Gasteiger partial charge on any atom is -0.377 e. The first-order valence-corrected chi connectivity index (χ1v) is 14.2. The monoisotopic (exact) mass is 554 g/mol. The van der Waals surface area contributed by atoms with E-state index in [1.807, 2.05) is 18.2 Å². The van der Waals surface area contributed by atoms with Crippen molar-refractivity contribution in [3.8, 4) is 0 Å². The van der Waals surface area contributed by atoms with E-state index >= 15 is 0 Å². The van der Waals surface area contributed by atoms with Crippen LogP contribution in [0, 0.1) is 5.41 Å². The normalized spacial score (nSPS) is 23.2. The van der Waals surface area contributed by atoms with Crippen LogP contribution in [-0.4, -0.2) is 64.6 Å². The number of fused-ring (bicyclic) bond motifs is 1. The molecule has 3 aliphatic heterocycles. The van der Waals surface area contributed by atoms with Crippen molar-refractivity contribution in [2.24, 2.45) is 11.1 Å². The zero-order valence-electron chi connectivity index (χ0n) is 21.3. The second-order valence-corrected chi connectivity index (χ2v) is 11.8. The lowest BCUT2D eigenvalue weighted by Gasteiger charge is -2.41. The molecule has 1 aromatic carbocycles. The molecule has 2 N–H and O–H groups in total. The number of hydrogen-bond acceptors (Lipinski definition) is 9. The number of hydrogen-bond donors (Lipinski definition) is 1. The summed E-state index contributed by atoms with van der Waals surface area (Å²) in [7, 11) is 0.